The molecule has 4 rings (SSSR count). The Bertz CT molecular complexity index is 1250. The Morgan fingerprint density at radius 1 is 1.00 bits per heavy atom. The van der Waals surface area contributed by atoms with Crippen LogP contribution in [0.15, 0.2) is 53.9 Å². The molecule has 1 fully saturated rings. The largest absolute Gasteiger partial charge is 0.573 e. The Morgan fingerprint density at radius 3 is 2.37 bits per heavy atom. The molecule has 2 aromatic carbocycles. The van der Waals surface area contributed by atoms with Gasteiger partial charge >= 0.3 is 12.4 Å². The van der Waals surface area contributed by atoms with Crippen LogP contribution in [0.5, 0.6) is 5.75 Å². The van der Waals surface area contributed by atoms with Crippen LogP contribution in [0.2, 0.25) is 0 Å². The summed E-state index contributed by atoms with van der Waals surface area (Å²) in [5.74, 6) is 4.44. The molecule has 1 aromatic heterocycles. The van der Waals surface area contributed by atoms with Crippen molar-refractivity contribution in [1.29, 1.82) is 0 Å². The number of alkyl halides is 3. The minimum Gasteiger partial charge on any atom is -0.404 e. The Kier molecular flexibility index (Phi) is 8.78. The molecule has 10 nitrogen and oxygen atoms in total. The van der Waals surface area contributed by atoms with Crippen LogP contribution in [0.25, 0.3) is 10.6 Å². The van der Waals surface area contributed by atoms with Crippen molar-refractivity contribution in [3.05, 3.63) is 59.6 Å². The number of halogens is 3. The van der Waals surface area contributed by atoms with E-state index in [0.717, 1.165) is 48.5 Å². The smallest absolute Gasteiger partial charge is 0.404 e. The summed E-state index contributed by atoms with van der Waals surface area (Å²) in [5, 5.41) is 7.79. The highest BCUT2D eigenvalue weighted by atomic mass is 32.1. The summed E-state index contributed by atoms with van der Waals surface area (Å²) in [6.45, 7) is 4.17. The van der Waals surface area contributed by atoms with E-state index in [4.69, 9.17) is 10.8 Å². The van der Waals surface area contributed by atoms with Gasteiger partial charge in [-0.05, 0) is 36.4 Å². The number of rotatable bonds is 8. The van der Waals surface area contributed by atoms with E-state index in [1.165, 1.54) is 29.5 Å². The van der Waals surface area contributed by atoms with Gasteiger partial charge in [-0.1, -0.05) is 12.1 Å². The molecule has 0 saturated carbocycles. The summed E-state index contributed by atoms with van der Waals surface area (Å²) in [6.07, 6.45) is -4.88. The second-order valence-electron chi connectivity index (χ2n) is 8.46. The van der Waals surface area contributed by atoms with Crippen LogP contribution in [0.4, 0.5) is 29.3 Å². The molecule has 0 unspecified atom stereocenters. The number of nitrogens with zero attached hydrogens (tertiary/aromatic N) is 3. The van der Waals surface area contributed by atoms with Gasteiger partial charge in [-0.25, -0.2) is 15.6 Å². The molecule has 14 heteroatoms. The highest BCUT2D eigenvalue weighted by Gasteiger charge is 2.32. The van der Waals surface area contributed by atoms with E-state index < -0.39 is 18.1 Å². The molecule has 5 N–H and O–H groups in total. The number of amides is 3. The summed E-state index contributed by atoms with van der Waals surface area (Å²) in [6, 6.07) is 11.6. The molecule has 38 heavy (non-hydrogen) atoms. The minimum absolute atomic E-state index is 0.114. The van der Waals surface area contributed by atoms with E-state index in [-0.39, 0.29) is 18.1 Å². The number of carbonyl (C=O) groups excluding carboxylic acids is 2. The number of carbonyl (C=O) groups is 2. The summed E-state index contributed by atoms with van der Waals surface area (Å²) in [5.41, 5.74) is 4.30. The number of nitrogens with two attached hydrogens (primary N) is 1. The van der Waals surface area contributed by atoms with Gasteiger partial charge in [0.1, 0.15) is 5.01 Å². The lowest BCUT2D eigenvalue weighted by molar-refractivity contribution is -0.274. The van der Waals surface area contributed by atoms with Gasteiger partial charge in [0, 0.05) is 49.4 Å². The van der Waals surface area contributed by atoms with Crippen LogP contribution < -0.4 is 26.6 Å². The fraction of sp³-hybridized carbons (Fsp3) is 0.292. The fourth-order valence-electron chi connectivity index (χ4n) is 3.86. The van der Waals surface area contributed by atoms with Gasteiger partial charge < -0.3 is 15.4 Å². The predicted molar refractivity (Wildman–Crippen MR) is 137 cm³/mol. The Balaban J connectivity index is 1.29. The van der Waals surface area contributed by atoms with E-state index in [1.807, 2.05) is 5.38 Å². The second-order valence-corrected chi connectivity index (χ2v) is 9.32. The number of hydrogen-bond donors (Lipinski definition) is 4. The zero-order valence-electron chi connectivity index (χ0n) is 20.1. The normalized spacial score (nSPS) is 14.6. The average molecular weight is 550 g/mol. The molecule has 202 valence electrons. The van der Waals surface area contributed by atoms with E-state index in [2.05, 4.69) is 30.6 Å². The van der Waals surface area contributed by atoms with E-state index in [1.54, 1.807) is 24.3 Å². The standard InChI is InChI=1S/C24H26F3N7O3S/c25-24(26,27)37-20-4-2-1-3-19(20)31-23(36)30-17-7-5-16(6-8-17)22-29-18(15-38-22)13-33-9-11-34(12-10-33)14-21(35)32-28/h1-8,15H,9-14,28H2,(H,32,35)(H2,30,31,36). The minimum atomic E-state index is -4.88. The van der Waals surface area contributed by atoms with Gasteiger partial charge in [0.2, 0.25) is 5.91 Å². The van der Waals surface area contributed by atoms with Crippen molar-refractivity contribution >= 4 is 34.6 Å². The number of ether oxygens (including phenoxy) is 1. The maximum atomic E-state index is 12.6. The first-order valence-electron chi connectivity index (χ1n) is 11.6. The Morgan fingerprint density at radius 2 is 1.68 bits per heavy atom. The maximum Gasteiger partial charge on any atom is 0.573 e. The summed E-state index contributed by atoms with van der Waals surface area (Å²) in [4.78, 5) is 32.8. The highest BCUT2D eigenvalue weighted by Crippen LogP contribution is 2.30. The molecular weight excluding hydrogens is 523 g/mol. The molecule has 2 heterocycles. The third-order valence-electron chi connectivity index (χ3n) is 5.68. The SMILES string of the molecule is NNC(=O)CN1CCN(Cc2csc(-c3ccc(NC(=O)Nc4ccccc4OC(F)(F)F)cc3)n2)CC1. The molecule has 3 amide bonds. The zero-order valence-corrected chi connectivity index (χ0v) is 20.9. The summed E-state index contributed by atoms with van der Waals surface area (Å²) >= 11 is 1.51. The number of thiazole rings is 1. The van der Waals surface area contributed by atoms with Crippen molar-refractivity contribution in [3.63, 3.8) is 0 Å². The lowest BCUT2D eigenvalue weighted by Gasteiger charge is -2.33. The fourth-order valence-corrected chi connectivity index (χ4v) is 4.68. The number of para-hydroxylation sites is 2. The molecule has 0 bridgehead atoms. The van der Waals surface area contributed by atoms with Crippen molar-refractivity contribution in [2.75, 3.05) is 43.4 Å². The monoisotopic (exact) mass is 549 g/mol. The topological polar surface area (TPSA) is 125 Å². The van der Waals surface area contributed by atoms with Crippen molar-refractivity contribution in [2.45, 2.75) is 12.9 Å². The third-order valence-corrected chi connectivity index (χ3v) is 6.62. The van der Waals surface area contributed by atoms with Gasteiger partial charge in [-0.15, -0.1) is 24.5 Å². The lowest BCUT2D eigenvalue weighted by atomic mass is 10.2. The summed E-state index contributed by atoms with van der Waals surface area (Å²) < 4.78 is 41.7. The first kappa shape index (κ1) is 27.3. The van der Waals surface area contributed by atoms with Crippen LogP contribution in [0, 0.1) is 0 Å². The molecule has 0 radical (unpaired) electrons. The average Bonchev–Trinajstić information content (AvgIpc) is 3.34. The number of hydrazine groups is 1. The molecule has 1 aliphatic heterocycles. The van der Waals surface area contributed by atoms with Crippen LogP contribution in [0.1, 0.15) is 5.69 Å². The second kappa shape index (κ2) is 12.2. The third kappa shape index (κ3) is 7.89. The molecule has 1 aliphatic rings. The number of anilines is 2. The van der Waals surface area contributed by atoms with Gasteiger partial charge in [-0.3, -0.25) is 20.0 Å². The Labute approximate surface area is 220 Å². The molecule has 1 saturated heterocycles. The summed E-state index contributed by atoms with van der Waals surface area (Å²) in [7, 11) is 0. The van der Waals surface area contributed by atoms with Gasteiger partial charge in [0.25, 0.3) is 0 Å². The van der Waals surface area contributed by atoms with Gasteiger partial charge in [-0.2, -0.15) is 0 Å². The van der Waals surface area contributed by atoms with Gasteiger partial charge in [0.15, 0.2) is 5.75 Å². The first-order valence-corrected chi connectivity index (χ1v) is 12.5. The van der Waals surface area contributed by atoms with Crippen LogP contribution in [-0.2, 0) is 11.3 Å². The van der Waals surface area contributed by atoms with E-state index in [9.17, 15) is 22.8 Å². The Hall–Kier alpha value is -3.72. The predicted octanol–water partition coefficient (Wildman–Crippen LogP) is 3.46. The van der Waals surface area contributed by atoms with Crippen LogP contribution >= 0.6 is 11.3 Å². The van der Waals surface area contributed by atoms with Gasteiger partial charge in [0.05, 0.1) is 17.9 Å². The van der Waals surface area contributed by atoms with Crippen LogP contribution in [0.3, 0.4) is 0 Å². The number of benzene rings is 2. The van der Waals surface area contributed by atoms with Crippen molar-refractivity contribution < 1.29 is 27.5 Å². The number of aromatic nitrogens is 1. The maximum absolute atomic E-state index is 12.6. The molecule has 0 aliphatic carbocycles. The molecule has 3 aromatic rings. The van der Waals surface area contributed by atoms with Crippen molar-refractivity contribution in [2.24, 2.45) is 5.84 Å². The highest BCUT2D eigenvalue weighted by molar-refractivity contribution is 7.13. The number of piperazine rings is 1. The van der Waals surface area contributed by atoms with Crippen molar-refractivity contribution in [1.82, 2.24) is 20.2 Å². The van der Waals surface area contributed by atoms with Crippen molar-refractivity contribution in [3.8, 4) is 16.3 Å². The number of urea groups is 1. The molecular formula is C24H26F3N7O3S. The molecule has 0 atom stereocenters. The molecule has 0 spiro atoms. The van der Waals surface area contributed by atoms with E-state index in [0.29, 0.717) is 12.2 Å². The number of hydrogen-bond acceptors (Lipinski definition) is 8. The quantitative estimate of drug-likeness (QED) is 0.193. The lowest BCUT2D eigenvalue weighted by Crippen LogP contribution is -2.49. The zero-order chi connectivity index (χ0) is 27.1. The van der Waals surface area contributed by atoms with E-state index >= 15 is 0 Å². The number of nitrogens with one attached hydrogen (secondary N) is 3. The first-order chi connectivity index (χ1) is 18.2. The van der Waals surface area contributed by atoms with Crippen LogP contribution in [-0.4, -0.2) is 65.8 Å².